The molecular formula is C8H5N3O4S2. The molecule has 0 bridgehead atoms. The summed E-state index contributed by atoms with van der Waals surface area (Å²) < 4.78 is 0.398. The van der Waals surface area contributed by atoms with Gasteiger partial charge in [-0.3, -0.25) is 14.4 Å². The summed E-state index contributed by atoms with van der Waals surface area (Å²) in [6.07, 6.45) is 2.29. The third-order valence-electron chi connectivity index (χ3n) is 1.72. The van der Waals surface area contributed by atoms with Crippen LogP contribution in [0, 0.1) is 0 Å². The van der Waals surface area contributed by atoms with Gasteiger partial charge in [-0.25, -0.2) is 4.90 Å². The summed E-state index contributed by atoms with van der Waals surface area (Å²) in [7, 11) is 0. The molecule has 0 radical (unpaired) electrons. The minimum Gasteiger partial charge on any atom is -0.481 e. The van der Waals surface area contributed by atoms with Crippen LogP contribution in [0.3, 0.4) is 0 Å². The van der Waals surface area contributed by atoms with E-state index in [1.54, 1.807) is 0 Å². The number of hydrogen-bond acceptors (Lipinski definition) is 7. The van der Waals surface area contributed by atoms with Crippen molar-refractivity contribution < 1.29 is 19.5 Å². The lowest BCUT2D eigenvalue weighted by Crippen LogP contribution is -2.29. The molecule has 0 unspecified atom stereocenters. The van der Waals surface area contributed by atoms with E-state index >= 15 is 0 Å². The van der Waals surface area contributed by atoms with E-state index in [9.17, 15) is 14.4 Å². The molecule has 0 saturated carbocycles. The highest BCUT2D eigenvalue weighted by molar-refractivity contribution is 8.01. The van der Waals surface area contributed by atoms with Crippen LogP contribution in [-0.4, -0.2) is 38.8 Å². The first kappa shape index (κ1) is 11.7. The van der Waals surface area contributed by atoms with Crippen molar-refractivity contribution in [2.24, 2.45) is 0 Å². The smallest absolute Gasteiger partial charge is 0.313 e. The highest BCUT2D eigenvalue weighted by Gasteiger charge is 2.28. The molecule has 1 aromatic rings. The van der Waals surface area contributed by atoms with Gasteiger partial charge < -0.3 is 5.11 Å². The van der Waals surface area contributed by atoms with Crippen molar-refractivity contribution in [1.82, 2.24) is 10.2 Å². The topological polar surface area (TPSA) is 100 Å². The van der Waals surface area contributed by atoms with E-state index in [2.05, 4.69) is 10.2 Å². The maximum absolute atomic E-state index is 11.3. The fourth-order valence-corrected chi connectivity index (χ4v) is 2.64. The quantitative estimate of drug-likeness (QED) is 0.472. The monoisotopic (exact) mass is 271 g/mol. The largest absolute Gasteiger partial charge is 0.481 e. The van der Waals surface area contributed by atoms with Gasteiger partial charge in [0.1, 0.15) is 0 Å². The van der Waals surface area contributed by atoms with E-state index in [4.69, 9.17) is 5.11 Å². The van der Waals surface area contributed by atoms with Gasteiger partial charge >= 0.3 is 5.97 Å². The number of carbonyl (C=O) groups is 3. The Morgan fingerprint density at radius 1 is 1.35 bits per heavy atom. The lowest BCUT2D eigenvalue weighted by Gasteiger charge is -2.06. The van der Waals surface area contributed by atoms with Gasteiger partial charge in [-0.15, -0.1) is 10.2 Å². The lowest BCUT2D eigenvalue weighted by atomic mass is 10.6. The molecule has 0 aromatic carbocycles. The van der Waals surface area contributed by atoms with Crippen LogP contribution in [0.5, 0.6) is 0 Å². The van der Waals surface area contributed by atoms with Gasteiger partial charge in [0.15, 0.2) is 4.34 Å². The van der Waals surface area contributed by atoms with Gasteiger partial charge in [0, 0.05) is 12.2 Å². The Balaban J connectivity index is 2.10. The second-order valence-electron chi connectivity index (χ2n) is 2.88. The second-order valence-corrected chi connectivity index (χ2v) is 5.06. The van der Waals surface area contributed by atoms with Gasteiger partial charge in [0.25, 0.3) is 11.8 Å². The third kappa shape index (κ3) is 2.50. The van der Waals surface area contributed by atoms with Crippen LogP contribution in [0.4, 0.5) is 5.13 Å². The first-order valence-electron chi connectivity index (χ1n) is 4.32. The molecule has 0 fully saturated rings. The maximum atomic E-state index is 11.3. The zero-order valence-electron chi connectivity index (χ0n) is 8.19. The van der Waals surface area contributed by atoms with Crippen molar-refractivity contribution in [3.05, 3.63) is 12.2 Å². The molecule has 1 aliphatic heterocycles. The van der Waals surface area contributed by atoms with Crippen molar-refractivity contribution in [2.75, 3.05) is 10.7 Å². The molecule has 2 heterocycles. The predicted octanol–water partition coefficient (Wildman–Crippen LogP) is 0.144. The number of anilines is 1. The van der Waals surface area contributed by atoms with E-state index in [1.165, 1.54) is 0 Å². The zero-order chi connectivity index (χ0) is 12.4. The van der Waals surface area contributed by atoms with Crippen LogP contribution in [0.1, 0.15) is 0 Å². The van der Waals surface area contributed by atoms with Gasteiger partial charge in [0.2, 0.25) is 5.13 Å². The van der Waals surface area contributed by atoms with E-state index in [0.717, 1.165) is 40.2 Å². The Morgan fingerprint density at radius 3 is 2.59 bits per heavy atom. The number of aliphatic carboxylic acids is 1. The summed E-state index contributed by atoms with van der Waals surface area (Å²) in [5.41, 5.74) is 0. The summed E-state index contributed by atoms with van der Waals surface area (Å²) in [6.45, 7) is 0. The Labute approximate surface area is 103 Å². The first-order chi connectivity index (χ1) is 8.08. The maximum Gasteiger partial charge on any atom is 0.313 e. The van der Waals surface area contributed by atoms with Crippen molar-refractivity contribution in [3.63, 3.8) is 0 Å². The van der Waals surface area contributed by atoms with Crippen LogP contribution >= 0.6 is 23.1 Å². The van der Waals surface area contributed by atoms with Crippen LogP contribution in [-0.2, 0) is 14.4 Å². The number of amides is 2. The van der Waals surface area contributed by atoms with Crippen molar-refractivity contribution in [3.8, 4) is 0 Å². The van der Waals surface area contributed by atoms with E-state index in [-0.39, 0.29) is 10.9 Å². The number of imide groups is 1. The Morgan fingerprint density at radius 2 is 2.00 bits per heavy atom. The van der Waals surface area contributed by atoms with Crippen molar-refractivity contribution in [1.29, 1.82) is 0 Å². The van der Waals surface area contributed by atoms with Gasteiger partial charge in [-0.1, -0.05) is 23.1 Å². The number of carbonyl (C=O) groups excluding carboxylic acids is 2. The van der Waals surface area contributed by atoms with Crippen LogP contribution in [0.15, 0.2) is 16.5 Å². The number of rotatable bonds is 4. The van der Waals surface area contributed by atoms with Gasteiger partial charge in [-0.05, 0) is 0 Å². The SMILES string of the molecule is O=C(O)CSc1nnc(N2C(=O)C=CC2=O)s1. The Hall–Kier alpha value is -1.74. The molecule has 1 N–H and O–H groups in total. The minimum absolute atomic E-state index is 0.144. The fourth-order valence-electron chi connectivity index (χ4n) is 1.06. The van der Waals surface area contributed by atoms with Crippen molar-refractivity contribution in [2.45, 2.75) is 4.34 Å². The average Bonchev–Trinajstić information content (AvgIpc) is 2.83. The van der Waals surface area contributed by atoms with Gasteiger partial charge in [-0.2, -0.15) is 0 Å². The molecule has 7 nitrogen and oxygen atoms in total. The summed E-state index contributed by atoms with van der Waals surface area (Å²) in [4.78, 5) is 33.9. The Bertz CT molecular complexity index is 507. The number of aromatic nitrogens is 2. The van der Waals surface area contributed by atoms with E-state index < -0.39 is 17.8 Å². The van der Waals surface area contributed by atoms with Crippen molar-refractivity contribution >= 4 is 46.0 Å². The first-order valence-corrected chi connectivity index (χ1v) is 6.12. The molecular weight excluding hydrogens is 266 g/mol. The summed E-state index contributed by atoms with van der Waals surface area (Å²) in [6, 6.07) is 0. The predicted molar refractivity (Wildman–Crippen MR) is 59.9 cm³/mol. The standard InChI is InChI=1S/C8H5N3O4S2/c12-4-1-2-5(13)11(4)7-9-10-8(17-7)16-3-6(14)15/h1-2H,3H2,(H,14,15). The molecule has 88 valence electrons. The van der Waals surface area contributed by atoms with Crippen LogP contribution in [0.2, 0.25) is 0 Å². The minimum atomic E-state index is -0.971. The van der Waals surface area contributed by atoms with E-state index in [0.29, 0.717) is 4.34 Å². The van der Waals surface area contributed by atoms with Gasteiger partial charge in [0.05, 0.1) is 5.75 Å². The molecule has 0 aliphatic carbocycles. The molecule has 2 rings (SSSR count). The summed E-state index contributed by atoms with van der Waals surface area (Å²) in [5, 5.41) is 16.0. The van der Waals surface area contributed by atoms with Crippen LogP contribution < -0.4 is 4.90 Å². The number of hydrogen-bond donors (Lipinski definition) is 1. The molecule has 0 spiro atoms. The fraction of sp³-hybridized carbons (Fsp3) is 0.125. The molecule has 1 aliphatic rings. The lowest BCUT2D eigenvalue weighted by molar-refractivity contribution is -0.134. The number of carboxylic acid groups (broad SMARTS) is 1. The third-order valence-corrected chi connectivity index (χ3v) is 3.74. The number of carboxylic acids is 1. The highest BCUT2D eigenvalue weighted by Crippen LogP contribution is 2.29. The number of thioether (sulfide) groups is 1. The van der Waals surface area contributed by atoms with Crippen LogP contribution in [0.25, 0.3) is 0 Å². The Kier molecular flexibility index (Phi) is 3.20. The highest BCUT2D eigenvalue weighted by atomic mass is 32.2. The summed E-state index contributed by atoms with van der Waals surface area (Å²) >= 11 is 1.99. The molecule has 9 heteroatoms. The van der Waals surface area contributed by atoms with E-state index in [1.807, 2.05) is 0 Å². The molecule has 1 aromatic heterocycles. The average molecular weight is 271 g/mol. The molecule has 0 saturated heterocycles. The summed E-state index contributed by atoms with van der Waals surface area (Å²) in [5.74, 6) is -2.06. The molecule has 2 amide bonds. The second kappa shape index (κ2) is 4.63. The normalized spacial score (nSPS) is 14.7. The molecule has 0 atom stereocenters. The molecule has 17 heavy (non-hydrogen) atoms. The number of nitrogens with zero attached hydrogens (tertiary/aromatic N) is 3. The zero-order valence-corrected chi connectivity index (χ0v) is 9.82.